The van der Waals surface area contributed by atoms with Crippen molar-refractivity contribution in [3.63, 3.8) is 0 Å². The molecule has 0 saturated carbocycles. The van der Waals surface area contributed by atoms with E-state index in [2.05, 4.69) is 33.1 Å². The van der Waals surface area contributed by atoms with Crippen molar-refractivity contribution in [2.75, 3.05) is 33.3 Å². The molecule has 4 nitrogen and oxygen atoms in total. The number of halogens is 1. The van der Waals surface area contributed by atoms with Crippen LogP contribution < -0.4 is 10.1 Å². The molecule has 20 heavy (non-hydrogen) atoms. The molecule has 1 unspecified atom stereocenters. The van der Waals surface area contributed by atoms with Gasteiger partial charge in [0, 0.05) is 17.6 Å². The fourth-order valence-corrected chi connectivity index (χ4v) is 2.93. The summed E-state index contributed by atoms with van der Waals surface area (Å²) in [7, 11) is 1.60. The van der Waals surface area contributed by atoms with E-state index in [0.717, 1.165) is 37.1 Å². The molecular formula is C15H21BrN2O2. The molecule has 1 fully saturated rings. The Morgan fingerprint density at radius 1 is 1.55 bits per heavy atom. The largest absolute Gasteiger partial charge is 0.497 e. The molecule has 1 heterocycles. The van der Waals surface area contributed by atoms with Gasteiger partial charge in [-0.2, -0.15) is 0 Å². The average molecular weight is 341 g/mol. The summed E-state index contributed by atoms with van der Waals surface area (Å²) in [6.45, 7) is 6.22. The van der Waals surface area contributed by atoms with Crippen LogP contribution in [0.5, 0.6) is 5.75 Å². The third-order valence-electron chi connectivity index (χ3n) is 3.79. The van der Waals surface area contributed by atoms with Crippen LogP contribution in [0.4, 0.5) is 0 Å². The van der Waals surface area contributed by atoms with Crippen molar-refractivity contribution >= 4 is 21.8 Å². The van der Waals surface area contributed by atoms with Gasteiger partial charge in [0.1, 0.15) is 5.75 Å². The van der Waals surface area contributed by atoms with E-state index in [1.807, 2.05) is 12.1 Å². The molecule has 1 aliphatic heterocycles. The average Bonchev–Trinajstić information content (AvgIpc) is 2.93. The summed E-state index contributed by atoms with van der Waals surface area (Å²) in [6, 6.07) is 5.42. The van der Waals surface area contributed by atoms with E-state index >= 15 is 0 Å². The molecule has 0 bridgehead atoms. The maximum atomic E-state index is 12.2. The van der Waals surface area contributed by atoms with E-state index in [4.69, 9.17) is 4.74 Å². The molecule has 5 heteroatoms. The van der Waals surface area contributed by atoms with Crippen molar-refractivity contribution in [3.8, 4) is 5.75 Å². The molecular weight excluding hydrogens is 320 g/mol. The van der Waals surface area contributed by atoms with Crippen LogP contribution in [0, 0.1) is 5.92 Å². The summed E-state index contributed by atoms with van der Waals surface area (Å²) >= 11 is 3.41. The van der Waals surface area contributed by atoms with Gasteiger partial charge in [0.25, 0.3) is 5.91 Å². The van der Waals surface area contributed by atoms with Gasteiger partial charge in [0.05, 0.1) is 12.7 Å². The van der Waals surface area contributed by atoms with E-state index < -0.39 is 0 Å². The topological polar surface area (TPSA) is 41.6 Å². The van der Waals surface area contributed by atoms with Gasteiger partial charge in [-0.25, -0.2) is 0 Å². The number of nitrogens with zero attached hydrogens (tertiary/aromatic N) is 1. The summed E-state index contributed by atoms with van der Waals surface area (Å²) in [5.74, 6) is 1.20. The van der Waals surface area contributed by atoms with Crippen LogP contribution >= 0.6 is 15.9 Å². The fourth-order valence-electron chi connectivity index (χ4n) is 2.50. The van der Waals surface area contributed by atoms with Crippen LogP contribution in [-0.4, -0.2) is 44.1 Å². The maximum Gasteiger partial charge on any atom is 0.252 e. The third kappa shape index (κ3) is 3.73. The number of carbonyl (C=O) groups is 1. The number of nitrogens with one attached hydrogen (secondary N) is 1. The van der Waals surface area contributed by atoms with Crippen LogP contribution in [0.15, 0.2) is 22.7 Å². The quantitative estimate of drug-likeness (QED) is 0.895. The highest BCUT2D eigenvalue weighted by Gasteiger charge is 2.22. The summed E-state index contributed by atoms with van der Waals surface area (Å²) in [5.41, 5.74) is 0.620. The van der Waals surface area contributed by atoms with Gasteiger partial charge in [0.15, 0.2) is 0 Å². The number of amides is 1. The molecule has 1 N–H and O–H groups in total. The molecule has 0 aromatic heterocycles. The van der Waals surface area contributed by atoms with Gasteiger partial charge in [-0.3, -0.25) is 4.79 Å². The normalized spacial score (nSPS) is 19.1. The van der Waals surface area contributed by atoms with Crippen LogP contribution in [0.25, 0.3) is 0 Å². The Hall–Kier alpha value is -1.07. The van der Waals surface area contributed by atoms with Gasteiger partial charge in [-0.05, 0) is 59.6 Å². The Kier molecular flexibility index (Phi) is 5.43. The van der Waals surface area contributed by atoms with E-state index in [-0.39, 0.29) is 5.91 Å². The number of methoxy groups -OCH3 is 1. The second kappa shape index (κ2) is 7.09. The van der Waals surface area contributed by atoms with Gasteiger partial charge in [0.2, 0.25) is 0 Å². The Morgan fingerprint density at radius 2 is 2.35 bits per heavy atom. The molecule has 1 aliphatic rings. The molecule has 1 aromatic carbocycles. The molecule has 0 aliphatic carbocycles. The van der Waals surface area contributed by atoms with Gasteiger partial charge < -0.3 is 15.0 Å². The first-order valence-electron chi connectivity index (χ1n) is 6.98. The zero-order valence-corrected chi connectivity index (χ0v) is 13.6. The summed E-state index contributed by atoms with van der Waals surface area (Å²) in [6.07, 6.45) is 1.16. The van der Waals surface area contributed by atoms with Crippen molar-refractivity contribution in [2.45, 2.75) is 13.3 Å². The van der Waals surface area contributed by atoms with E-state index in [1.54, 1.807) is 13.2 Å². The minimum Gasteiger partial charge on any atom is -0.497 e. The smallest absolute Gasteiger partial charge is 0.252 e. The molecule has 1 atom stereocenters. The Labute approximate surface area is 128 Å². The molecule has 1 saturated heterocycles. The number of hydrogen-bond acceptors (Lipinski definition) is 3. The Morgan fingerprint density at radius 3 is 3.00 bits per heavy atom. The lowest BCUT2D eigenvalue weighted by atomic mass is 10.1. The molecule has 1 aromatic rings. The third-order valence-corrected chi connectivity index (χ3v) is 4.48. The van der Waals surface area contributed by atoms with E-state index in [0.29, 0.717) is 17.2 Å². The molecule has 1 amide bonds. The van der Waals surface area contributed by atoms with Crippen LogP contribution in [0.2, 0.25) is 0 Å². The van der Waals surface area contributed by atoms with Gasteiger partial charge >= 0.3 is 0 Å². The minimum atomic E-state index is -0.0503. The number of carbonyl (C=O) groups excluding carboxylic acids is 1. The first-order chi connectivity index (χ1) is 9.63. The highest BCUT2D eigenvalue weighted by Crippen LogP contribution is 2.22. The summed E-state index contributed by atoms with van der Waals surface area (Å²) < 4.78 is 5.95. The minimum absolute atomic E-state index is 0.0503. The summed E-state index contributed by atoms with van der Waals surface area (Å²) in [4.78, 5) is 14.6. The lowest BCUT2D eigenvalue weighted by molar-refractivity contribution is 0.0946. The second-order valence-electron chi connectivity index (χ2n) is 5.10. The second-order valence-corrected chi connectivity index (χ2v) is 5.96. The number of benzene rings is 1. The number of likely N-dealkylation sites (tertiary alicyclic amines) is 1. The van der Waals surface area contributed by atoms with E-state index in [9.17, 15) is 4.79 Å². The monoisotopic (exact) mass is 340 g/mol. The molecule has 2 rings (SSSR count). The SMILES string of the molecule is CCN1CCC(CNC(=O)c2cc(OC)ccc2Br)C1. The van der Waals surface area contributed by atoms with Crippen molar-refractivity contribution in [1.29, 1.82) is 0 Å². The first-order valence-corrected chi connectivity index (χ1v) is 7.77. The zero-order chi connectivity index (χ0) is 14.5. The zero-order valence-electron chi connectivity index (χ0n) is 12.0. The molecule has 0 spiro atoms. The predicted octanol–water partition coefficient (Wildman–Crippen LogP) is 2.53. The lowest BCUT2D eigenvalue weighted by Crippen LogP contribution is -2.31. The molecule has 0 radical (unpaired) electrons. The molecule has 110 valence electrons. The van der Waals surface area contributed by atoms with Crippen LogP contribution in [0.1, 0.15) is 23.7 Å². The van der Waals surface area contributed by atoms with Crippen molar-refractivity contribution in [2.24, 2.45) is 5.92 Å². The van der Waals surface area contributed by atoms with Crippen molar-refractivity contribution in [1.82, 2.24) is 10.2 Å². The fraction of sp³-hybridized carbons (Fsp3) is 0.533. The van der Waals surface area contributed by atoms with Crippen LogP contribution in [-0.2, 0) is 0 Å². The first kappa shape index (κ1) is 15.3. The number of ether oxygens (including phenoxy) is 1. The maximum absolute atomic E-state index is 12.2. The number of hydrogen-bond donors (Lipinski definition) is 1. The highest BCUT2D eigenvalue weighted by atomic mass is 79.9. The van der Waals surface area contributed by atoms with Gasteiger partial charge in [-0.15, -0.1) is 0 Å². The van der Waals surface area contributed by atoms with E-state index in [1.165, 1.54) is 0 Å². The Bertz CT molecular complexity index is 479. The highest BCUT2D eigenvalue weighted by molar-refractivity contribution is 9.10. The van der Waals surface area contributed by atoms with Crippen molar-refractivity contribution < 1.29 is 9.53 Å². The lowest BCUT2D eigenvalue weighted by Gasteiger charge is -2.14. The van der Waals surface area contributed by atoms with Crippen molar-refractivity contribution in [3.05, 3.63) is 28.2 Å². The Balaban J connectivity index is 1.92. The summed E-state index contributed by atoms with van der Waals surface area (Å²) in [5, 5.41) is 3.03. The van der Waals surface area contributed by atoms with Gasteiger partial charge in [-0.1, -0.05) is 6.92 Å². The van der Waals surface area contributed by atoms with Crippen LogP contribution in [0.3, 0.4) is 0 Å². The standard InChI is InChI=1S/C15H21BrN2O2/c1-3-18-7-6-11(10-18)9-17-15(19)13-8-12(20-2)4-5-14(13)16/h4-5,8,11H,3,6-7,9-10H2,1-2H3,(H,17,19). The predicted molar refractivity (Wildman–Crippen MR) is 83.2 cm³/mol. The number of rotatable bonds is 5.